The molecule has 0 aliphatic carbocycles. The van der Waals surface area contributed by atoms with Crippen LogP contribution in [0.15, 0.2) is 24.3 Å². The zero-order valence-electron chi connectivity index (χ0n) is 16.0. The number of rotatable bonds is 3. The molecule has 26 heavy (non-hydrogen) atoms. The second-order valence-corrected chi connectivity index (χ2v) is 8.85. The van der Waals surface area contributed by atoms with E-state index in [1.807, 2.05) is 25.7 Å². The monoisotopic (exact) mass is 361 g/mol. The van der Waals surface area contributed by atoms with Crippen LogP contribution in [0.4, 0.5) is 9.18 Å². The van der Waals surface area contributed by atoms with Crippen molar-refractivity contribution in [2.45, 2.75) is 82.9 Å². The number of hydrogen-bond donors (Lipinski definition) is 0. The van der Waals surface area contributed by atoms with Gasteiger partial charge in [0.15, 0.2) is 0 Å². The minimum atomic E-state index is -0.526. The number of amides is 1. The van der Waals surface area contributed by atoms with E-state index in [4.69, 9.17) is 4.74 Å². The molecule has 2 atom stereocenters. The number of benzene rings is 1. The van der Waals surface area contributed by atoms with Gasteiger partial charge in [0.1, 0.15) is 17.2 Å². The molecule has 0 aromatic heterocycles. The molecule has 1 amide bonds. The summed E-state index contributed by atoms with van der Waals surface area (Å²) in [6.07, 6.45) is 3.44. The van der Waals surface area contributed by atoms with Crippen molar-refractivity contribution in [3.05, 3.63) is 35.6 Å². The van der Waals surface area contributed by atoms with E-state index in [0.717, 1.165) is 18.4 Å². The predicted octanol–water partition coefficient (Wildman–Crippen LogP) is 4.60. The van der Waals surface area contributed by atoms with Crippen LogP contribution in [0.2, 0.25) is 0 Å². The van der Waals surface area contributed by atoms with Crippen molar-refractivity contribution in [3.8, 4) is 0 Å². The first-order chi connectivity index (χ1) is 12.1. The fraction of sp³-hybridized carbons (Fsp3) is 0.619. The molecule has 1 aromatic carbocycles. The first kappa shape index (κ1) is 18.9. The second-order valence-electron chi connectivity index (χ2n) is 8.85. The van der Waals surface area contributed by atoms with Gasteiger partial charge >= 0.3 is 6.09 Å². The van der Waals surface area contributed by atoms with Crippen molar-refractivity contribution in [1.82, 2.24) is 4.90 Å². The van der Waals surface area contributed by atoms with Crippen molar-refractivity contribution >= 4 is 11.9 Å². The lowest BCUT2D eigenvalue weighted by atomic mass is 9.67. The van der Waals surface area contributed by atoms with Gasteiger partial charge in [-0.25, -0.2) is 9.18 Å². The standard InChI is InChI=1S/C21H28FNO3/c1-14(24)11-21(15-5-7-16(22)8-6-15)12-17-9-10-18(13-21)23(17)19(25)26-20(2,3)4/h5-8,17-18H,9-13H2,1-4H3. The average Bonchev–Trinajstić information content (AvgIpc) is 2.78. The van der Waals surface area contributed by atoms with Crippen LogP contribution in [-0.2, 0) is 14.9 Å². The summed E-state index contributed by atoms with van der Waals surface area (Å²) in [6.45, 7) is 7.22. The zero-order chi connectivity index (χ0) is 19.1. The summed E-state index contributed by atoms with van der Waals surface area (Å²) in [5.74, 6) is -0.152. The van der Waals surface area contributed by atoms with Crippen molar-refractivity contribution in [3.63, 3.8) is 0 Å². The number of carbonyl (C=O) groups is 2. The molecule has 2 heterocycles. The van der Waals surface area contributed by atoms with Crippen molar-refractivity contribution in [2.24, 2.45) is 0 Å². The van der Waals surface area contributed by atoms with Crippen LogP contribution in [0, 0.1) is 5.82 Å². The van der Waals surface area contributed by atoms with Gasteiger partial charge in [-0.1, -0.05) is 12.1 Å². The zero-order valence-corrected chi connectivity index (χ0v) is 16.0. The Morgan fingerprint density at radius 3 is 2.15 bits per heavy atom. The van der Waals surface area contributed by atoms with Gasteiger partial charge in [0.2, 0.25) is 0 Å². The highest BCUT2D eigenvalue weighted by molar-refractivity contribution is 5.77. The Morgan fingerprint density at radius 2 is 1.69 bits per heavy atom. The number of ether oxygens (including phenoxy) is 1. The number of halogens is 1. The van der Waals surface area contributed by atoms with Gasteiger partial charge in [-0.15, -0.1) is 0 Å². The Labute approximate surface area is 154 Å². The number of Topliss-reactive ketones (excluding diaryl/α,β-unsaturated/α-hetero) is 1. The predicted molar refractivity (Wildman–Crippen MR) is 97.5 cm³/mol. The van der Waals surface area contributed by atoms with E-state index < -0.39 is 5.60 Å². The maximum Gasteiger partial charge on any atom is 0.410 e. The Bertz CT molecular complexity index is 678. The van der Waals surface area contributed by atoms with Gasteiger partial charge in [-0.2, -0.15) is 0 Å². The second kappa shape index (κ2) is 6.67. The highest BCUT2D eigenvalue weighted by Gasteiger charge is 2.51. The summed E-state index contributed by atoms with van der Waals surface area (Å²) < 4.78 is 19.0. The third-order valence-electron chi connectivity index (χ3n) is 5.52. The molecule has 142 valence electrons. The summed E-state index contributed by atoms with van der Waals surface area (Å²) in [5, 5.41) is 0. The van der Waals surface area contributed by atoms with Gasteiger partial charge in [0.05, 0.1) is 0 Å². The van der Waals surface area contributed by atoms with Crippen molar-refractivity contribution in [2.75, 3.05) is 0 Å². The average molecular weight is 361 g/mol. The quantitative estimate of drug-likeness (QED) is 0.790. The normalized spacial score (nSPS) is 28.1. The third kappa shape index (κ3) is 3.76. The number of piperidine rings is 1. The largest absolute Gasteiger partial charge is 0.444 e. The third-order valence-corrected chi connectivity index (χ3v) is 5.52. The first-order valence-electron chi connectivity index (χ1n) is 9.36. The summed E-state index contributed by atoms with van der Waals surface area (Å²) in [5.41, 5.74) is 0.139. The molecule has 2 fully saturated rings. The first-order valence-corrected chi connectivity index (χ1v) is 9.36. The SMILES string of the molecule is CC(=O)CC1(c2ccc(F)cc2)CC2CCC(C1)N2C(=O)OC(C)(C)C. The molecule has 2 bridgehead atoms. The molecule has 4 nitrogen and oxygen atoms in total. The molecule has 3 rings (SSSR count). The number of hydrogen-bond acceptors (Lipinski definition) is 3. The Hall–Kier alpha value is -1.91. The highest BCUT2D eigenvalue weighted by atomic mass is 19.1. The van der Waals surface area contributed by atoms with E-state index >= 15 is 0 Å². The van der Waals surface area contributed by atoms with Crippen molar-refractivity contribution < 1.29 is 18.7 Å². The van der Waals surface area contributed by atoms with Gasteiger partial charge in [0, 0.05) is 23.9 Å². The van der Waals surface area contributed by atoms with Gasteiger partial charge in [-0.3, -0.25) is 4.79 Å². The van der Waals surface area contributed by atoms with Crippen LogP contribution in [0.5, 0.6) is 0 Å². The maximum atomic E-state index is 13.4. The van der Waals surface area contributed by atoms with E-state index in [9.17, 15) is 14.0 Å². The van der Waals surface area contributed by atoms with E-state index in [-0.39, 0.29) is 35.2 Å². The molecule has 5 heteroatoms. The molecule has 2 aliphatic rings. The van der Waals surface area contributed by atoms with Crippen LogP contribution >= 0.6 is 0 Å². The summed E-state index contributed by atoms with van der Waals surface area (Å²) >= 11 is 0. The molecule has 2 saturated heterocycles. The van der Waals surface area contributed by atoms with Crippen LogP contribution in [0.25, 0.3) is 0 Å². The Balaban J connectivity index is 1.88. The smallest absolute Gasteiger partial charge is 0.410 e. The van der Waals surface area contributed by atoms with E-state index in [1.54, 1.807) is 19.1 Å². The number of fused-ring (bicyclic) bond motifs is 2. The number of nitrogens with zero attached hydrogens (tertiary/aromatic N) is 1. The summed E-state index contributed by atoms with van der Waals surface area (Å²) in [7, 11) is 0. The number of carbonyl (C=O) groups excluding carboxylic acids is 2. The fourth-order valence-corrected chi connectivity index (χ4v) is 4.72. The van der Waals surface area contributed by atoms with Gasteiger partial charge in [-0.05, 0) is 71.1 Å². The van der Waals surface area contributed by atoms with Crippen LogP contribution < -0.4 is 0 Å². The maximum absolute atomic E-state index is 13.4. The van der Waals surface area contributed by atoms with E-state index in [2.05, 4.69) is 0 Å². The fourth-order valence-electron chi connectivity index (χ4n) is 4.72. The molecular formula is C21H28FNO3. The Kier molecular flexibility index (Phi) is 4.84. The molecule has 0 spiro atoms. The lowest BCUT2D eigenvalue weighted by molar-refractivity contribution is -0.119. The van der Waals surface area contributed by atoms with Gasteiger partial charge < -0.3 is 9.64 Å². The van der Waals surface area contributed by atoms with Gasteiger partial charge in [0.25, 0.3) is 0 Å². The lowest BCUT2D eigenvalue weighted by Gasteiger charge is -2.46. The molecular weight excluding hydrogens is 333 g/mol. The number of ketones is 1. The topological polar surface area (TPSA) is 46.6 Å². The molecule has 0 N–H and O–H groups in total. The van der Waals surface area contributed by atoms with E-state index in [0.29, 0.717) is 19.3 Å². The minimum absolute atomic E-state index is 0.0630. The van der Waals surface area contributed by atoms with Crippen molar-refractivity contribution in [1.29, 1.82) is 0 Å². The van der Waals surface area contributed by atoms with Crippen LogP contribution in [0.3, 0.4) is 0 Å². The summed E-state index contributed by atoms with van der Waals surface area (Å²) in [4.78, 5) is 26.6. The van der Waals surface area contributed by atoms with Crippen LogP contribution in [-0.4, -0.2) is 34.5 Å². The summed E-state index contributed by atoms with van der Waals surface area (Å²) in [6, 6.07) is 6.63. The minimum Gasteiger partial charge on any atom is -0.444 e. The highest BCUT2D eigenvalue weighted by Crippen LogP contribution is 2.49. The molecule has 0 saturated carbocycles. The molecule has 2 aliphatic heterocycles. The van der Waals surface area contributed by atoms with Crippen LogP contribution in [0.1, 0.15) is 65.4 Å². The Morgan fingerprint density at radius 1 is 1.15 bits per heavy atom. The lowest BCUT2D eigenvalue weighted by Crippen LogP contribution is -2.53. The molecule has 0 radical (unpaired) electrons. The molecule has 2 unspecified atom stereocenters. The van der Waals surface area contributed by atoms with E-state index in [1.165, 1.54) is 12.1 Å². The molecule has 1 aromatic rings.